The van der Waals surface area contributed by atoms with Crippen LogP contribution in [0.25, 0.3) is 11.3 Å². The lowest BCUT2D eigenvalue weighted by Gasteiger charge is -2.03. The van der Waals surface area contributed by atoms with Crippen LogP contribution in [0.4, 0.5) is 5.69 Å². The Hall–Kier alpha value is -2.21. The van der Waals surface area contributed by atoms with E-state index in [9.17, 15) is 10.1 Å². The van der Waals surface area contributed by atoms with Gasteiger partial charge in [-0.2, -0.15) is 5.10 Å². The first-order valence-corrected chi connectivity index (χ1v) is 6.60. The molecular formula is C14H18N4O2. The van der Waals surface area contributed by atoms with Gasteiger partial charge >= 0.3 is 0 Å². The predicted octanol–water partition coefficient (Wildman–Crippen LogP) is 2.49. The highest BCUT2D eigenvalue weighted by molar-refractivity contribution is 5.64. The molecule has 0 aliphatic carbocycles. The Balaban J connectivity index is 2.24. The largest absolute Gasteiger partial charge is 0.313 e. The first-order valence-electron chi connectivity index (χ1n) is 6.60. The molecule has 1 aromatic heterocycles. The minimum absolute atomic E-state index is 0.0929. The molecule has 1 N–H and O–H groups in total. The minimum Gasteiger partial charge on any atom is -0.313 e. The summed E-state index contributed by atoms with van der Waals surface area (Å²) in [7, 11) is 1.87. The number of aryl methyl sites for hydroxylation is 1. The summed E-state index contributed by atoms with van der Waals surface area (Å²) in [5.74, 6) is 0. The second kappa shape index (κ2) is 6.29. The highest BCUT2D eigenvalue weighted by Crippen LogP contribution is 2.24. The zero-order valence-corrected chi connectivity index (χ0v) is 11.7. The van der Waals surface area contributed by atoms with Crippen LogP contribution in [0, 0.1) is 10.1 Å². The molecule has 20 heavy (non-hydrogen) atoms. The van der Waals surface area contributed by atoms with Crippen LogP contribution in [0.3, 0.4) is 0 Å². The number of hydrogen-bond donors (Lipinski definition) is 1. The van der Waals surface area contributed by atoms with E-state index in [-0.39, 0.29) is 5.69 Å². The summed E-state index contributed by atoms with van der Waals surface area (Å²) in [4.78, 5) is 10.3. The smallest absolute Gasteiger partial charge is 0.269 e. The van der Waals surface area contributed by atoms with Crippen molar-refractivity contribution in [1.82, 2.24) is 15.1 Å². The van der Waals surface area contributed by atoms with E-state index in [1.165, 1.54) is 12.1 Å². The van der Waals surface area contributed by atoms with Crippen molar-refractivity contribution in [2.75, 3.05) is 6.54 Å². The third-order valence-electron chi connectivity index (χ3n) is 3.00. The van der Waals surface area contributed by atoms with E-state index in [1.54, 1.807) is 16.8 Å². The van der Waals surface area contributed by atoms with Crippen LogP contribution in [-0.2, 0) is 13.6 Å². The van der Waals surface area contributed by atoms with Gasteiger partial charge in [0.15, 0.2) is 0 Å². The lowest BCUT2D eigenvalue weighted by Crippen LogP contribution is -2.13. The summed E-state index contributed by atoms with van der Waals surface area (Å²) < 4.78 is 1.76. The van der Waals surface area contributed by atoms with Crippen molar-refractivity contribution in [2.45, 2.75) is 19.9 Å². The molecule has 0 saturated carbocycles. The highest BCUT2D eigenvalue weighted by atomic mass is 16.6. The van der Waals surface area contributed by atoms with Crippen molar-refractivity contribution in [1.29, 1.82) is 0 Å². The van der Waals surface area contributed by atoms with Gasteiger partial charge in [0.05, 0.1) is 10.6 Å². The fourth-order valence-corrected chi connectivity index (χ4v) is 2.05. The van der Waals surface area contributed by atoms with E-state index < -0.39 is 4.92 Å². The number of rotatable bonds is 6. The third kappa shape index (κ3) is 3.21. The molecule has 0 fully saturated rings. The van der Waals surface area contributed by atoms with Crippen molar-refractivity contribution < 1.29 is 4.92 Å². The van der Waals surface area contributed by atoms with E-state index in [0.29, 0.717) is 0 Å². The van der Waals surface area contributed by atoms with E-state index in [1.807, 2.05) is 13.2 Å². The van der Waals surface area contributed by atoms with Crippen molar-refractivity contribution in [3.8, 4) is 11.3 Å². The average molecular weight is 274 g/mol. The van der Waals surface area contributed by atoms with Crippen LogP contribution < -0.4 is 5.32 Å². The number of nitrogens with zero attached hydrogens (tertiary/aromatic N) is 3. The molecule has 1 aromatic carbocycles. The lowest BCUT2D eigenvalue weighted by molar-refractivity contribution is -0.384. The molecule has 0 aliphatic heterocycles. The molecule has 0 bridgehead atoms. The summed E-state index contributed by atoms with van der Waals surface area (Å²) in [6, 6.07) is 6.49. The maximum absolute atomic E-state index is 10.7. The number of nitro benzene ring substituents is 1. The number of non-ortho nitro benzene ring substituents is 1. The first kappa shape index (κ1) is 14.2. The molecule has 106 valence electrons. The van der Waals surface area contributed by atoms with Crippen molar-refractivity contribution in [3.63, 3.8) is 0 Å². The second-order valence-electron chi connectivity index (χ2n) is 4.66. The lowest BCUT2D eigenvalue weighted by atomic mass is 10.1. The Bertz CT molecular complexity index is 590. The van der Waals surface area contributed by atoms with Crippen molar-refractivity contribution in [2.24, 2.45) is 7.05 Å². The number of nitrogens with one attached hydrogen (secondary N) is 1. The Morgan fingerprint density at radius 2 is 2.05 bits per heavy atom. The van der Waals surface area contributed by atoms with Crippen LogP contribution in [0.15, 0.2) is 30.5 Å². The van der Waals surface area contributed by atoms with Gasteiger partial charge in [-0.15, -0.1) is 0 Å². The van der Waals surface area contributed by atoms with Crippen molar-refractivity contribution >= 4 is 5.69 Å². The molecule has 2 aromatic rings. The van der Waals surface area contributed by atoms with Gasteiger partial charge in [0.1, 0.15) is 0 Å². The molecule has 0 saturated heterocycles. The average Bonchev–Trinajstić information content (AvgIpc) is 2.80. The van der Waals surface area contributed by atoms with Gasteiger partial charge in [0, 0.05) is 43.0 Å². The summed E-state index contributed by atoms with van der Waals surface area (Å²) in [5.41, 5.74) is 2.95. The van der Waals surface area contributed by atoms with Gasteiger partial charge in [-0.05, 0) is 25.1 Å². The fourth-order valence-electron chi connectivity index (χ4n) is 2.05. The molecular weight excluding hydrogens is 256 g/mol. The zero-order chi connectivity index (χ0) is 14.5. The first-order chi connectivity index (χ1) is 9.61. The monoisotopic (exact) mass is 274 g/mol. The molecule has 0 amide bonds. The molecule has 6 nitrogen and oxygen atoms in total. The normalized spacial score (nSPS) is 10.7. The maximum atomic E-state index is 10.7. The van der Waals surface area contributed by atoms with Gasteiger partial charge in [0.25, 0.3) is 5.69 Å². The molecule has 0 atom stereocenters. The Morgan fingerprint density at radius 3 is 2.65 bits per heavy atom. The second-order valence-corrected chi connectivity index (χ2v) is 4.66. The van der Waals surface area contributed by atoms with Gasteiger partial charge in [0.2, 0.25) is 0 Å². The predicted molar refractivity (Wildman–Crippen MR) is 77.3 cm³/mol. The van der Waals surface area contributed by atoms with Gasteiger partial charge in [-0.3, -0.25) is 14.8 Å². The molecule has 0 spiro atoms. The molecule has 0 radical (unpaired) electrons. The van der Waals surface area contributed by atoms with E-state index in [0.717, 1.165) is 36.3 Å². The van der Waals surface area contributed by atoms with Gasteiger partial charge < -0.3 is 5.32 Å². The van der Waals surface area contributed by atoms with E-state index >= 15 is 0 Å². The molecule has 6 heteroatoms. The molecule has 1 heterocycles. The quantitative estimate of drug-likeness (QED) is 0.499. The van der Waals surface area contributed by atoms with Crippen molar-refractivity contribution in [3.05, 3.63) is 46.1 Å². The van der Waals surface area contributed by atoms with Crippen LogP contribution in [0.5, 0.6) is 0 Å². The number of nitro groups is 1. The standard InChI is InChI=1S/C14H18N4O2/c1-3-8-15-9-12-10-17(2)16-14(12)11-4-6-13(7-5-11)18(19)20/h4-7,10,15H,3,8-9H2,1-2H3. The van der Waals surface area contributed by atoms with Crippen LogP contribution in [0.1, 0.15) is 18.9 Å². The summed E-state index contributed by atoms with van der Waals surface area (Å²) in [6.45, 7) is 3.82. The van der Waals surface area contributed by atoms with E-state index in [2.05, 4.69) is 17.3 Å². The highest BCUT2D eigenvalue weighted by Gasteiger charge is 2.11. The number of hydrogen-bond acceptors (Lipinski definition) is 4. The maximum Gasteiger partial charge on any atom is 0.269 e. The minimum atomic E-state index is -0.397. The zero-order valence-electron chi connectivity index (χ0n) is 11.7. The van der Waals surface area contributed by atoms with Crippen LogP contribution in [0.2, 0.25) is 0 Å². The summed E-state index contributed by atoms with van der Waals surface area (Å²) >= 11 is 0. The number of benzene rings is 1. The van der Waals surface area contributed by atoms with Gasteiger partial charge in [-0.25, -0.2) is 0 Å². The summed E-state index contributed by atoms with van der Waals surface area (Å²) in [6.07, 6.45) is 3.05. The van der Waals surface area contributed by atoms with Crippen LogP contribution >= 0.6 is 0 Å². The number of aromatic nitrogens is 2. The Kier molecular flexibility index (Phi) is 4.47. The SMILES string of the molecule is CCCNCc1cn(C)nc1-c1ccc([N+](=O)[O-])cc1. The Labute approximate surface area is 117 Å². The fraction of sp³-hybridized carbons (Fsp3) is 0.357. The molecule has 0 unspecified atom stereocenters. The molecule has 0 aliphatic rings. The Morgan fingerprint density at radius 1 is 1.35 bits per heavy atom. The van der Waals surface area contributed by atoms with E-state index in [4.69, 9.17) is 0 Å². The molecule has 2 rings (SSSR count). The topological polar surface area (TPSA) is 73.0 Å². The summed E-state index contributed by atoms with van der Waals surface area (Å²) in [5, 5.41) is 18.5. The third-order valence-corrected chi connectivity index (χ3v) is 3.00. The van der Waals surface area contributed by atoms with Gasteiger partial charge in [-0.1, -0.05) is 6.92 Å². The van der Waals surface area contributed by atoms with Crippen LogP contribution in [-0.4, -0.2) is 21.2 Å².